The van der Waals surface area contributed by atoms with E-state index in [9.17, 15) is 14.9 Å². The molecular formula is C9H8N2O5. The van der Waals surface area contributed by atoms with Gasteiger partial charge in [0.05, 0.1) is 10.6 Å². The predicted molar refractivity (Wildman–Crippen MR) is 53.6 cm³/mol. The summed E-state index contributed by atoms with van der Waals surface area (Å²) in [6.45, 7) is -0.132. The molecule has 0 saturated heterocycles. The number of ether oxygens (including phenoxy) is 1. The Balaban J connectivity index is 2.38. The van der Waals surface area contributed by atoms with Crippen molar-refractivity contribution < 1.29 is 19.6 Å². The predicted octanol–water partition coefficient (Wildman–Crippen LogP) is 0.852. The van der Waals surface area contributed by atoms with E-state index in [4.69, 9.17) is 9.84 Å². The van der Waals surface area contributed by atoms with E-state index in [0.717, 1.165) is 0 Å². The van der Waals surface area contributed by atoms with Crippen molar-refractivity contribution in [3.63, 3.8) is 0 Å². The Morgan fingerprint density at radius 1 is 1.62 bits per heavy atom. The van der Waals surface area contributed by atoms with E-state index in [2.05, 4.69) is 5.32 Å². The number of benzene rings is 1. The lowest BCUT2D eigenvalue weighted by atomic mass is 10.2. The zero-order chi connectivity index (χ0) is 11.7. The molecule has 0 spiro atoms. The summed E-state index contributed by atoms with van der Waals surface area (Å²) in [5.41, 5.74) is 0.154. The average Bonchev–Trinajstić information content (AvgIpc) is 2.27. The second-order valence-electron chi connectivity index (χ2n) is 3.26. The van der Waals surface area contributed by atoms with E-state index in [-0.39, 0.29) is 18.0 Å². The summed E-state index contributed by atoms with van der Waals surface area (Å²) in [7, 11) is 0. The first-order chi connectivity index (χ1) is 7.59. The van der Waals surface area contributed by atoms with Crippen molar-refractivity contribution in [1.29, 1.82) is 0 Å². The number of carbonyl (C=O) groups is 1. The lowest BCUT2D eigenvalue weighted by Gasteiger charge is -2.23. The molecular weight excluding hydrogens is 216 g/mol. The van der Waals surface area contributed by atoms with Crippen LogP contribution in [-0.2, 0) is 4.79 Å². The highest BCUT2D eigenvalue weighted by Crippen LogP contribution is 2.37. The number of hydrogen-bond acceptors (Lipinski definition) is 5. The molecule has 1 aromatic carbocycles. The topological polar surface area (TPSA) is 102 Å². The number of carboxylic acid groups (broad SMARTS) is 1. The van der Waals surface area contributed by atoms with Crippen LogP contribution < -0.4 is 10.1 Å². The van der Waals surface area contributed by atoms with Crippen molar-refractivity contribution in [2.75, 3.05) is 11.9 Å². The highest BCUT2D eigenvalue weighted by atomic mass is 16.6. The molecule has 0 bridgehead atoms. The van der Waals surface area contributed by atoms with Crippen LogP contribution in [0.15, 0.2) is 18.2 Å². The largest absolute Gasteiger partial charge is 0.483 e. The Bertz CT molecular complexity index is 459. The Morgan fingerprint density at radius 2 is 2.38 bits per heavy atom. The molecule has 0 amide bonds. The van der Waals surface area contributed by atoms with Gasteiger partial charge in [-0.2, -0.15) is 0 Å². The molecule has 1 unspecified atom stereocenters. The van der Waals surface area contributed by atoms with Gasteiger partial charge >= 0.3 is 11.7 Å². The summed E-state index contributed by atoms with van der Waals surface area (Å²) >= 11 is 0. The third kappa shape index (κ3) is 1.62. The fourth-order valence-corrected chi connectivity index (χ4v) is 1.46. The number of nitrogens with zero attached hydrogens (tertiary/aromatic N) is 1. The Labute approximate surface area is 89.8 Å². The first-order valence-electron chi connectivity index (χ1n) is 4.49. The second kappa shape index (κ2) is 3.69. The van der Waals surface area contributed by atoms with E-state index >= 15 is 0 Å². The summed E-state index contributed by atoms with van der Waals surface area (Å²) in [6, 6.07) is 3.44. The standard InChI is InChI=1S/C9H8N2O5/c12-9(13)6-4-16-8-5(10-6)2-1-3-7(8)11(14)15/h1-3,6,10H,4H2,(H,12,13). The molecule has 2 N–H and O–H groups in total. The summed E-state index contributed by atoms with van der Waals surface area (Å²) in [4.78, 5) is 20.8. The van der Waals surface area contributed by atoms with Gasteiger partial charge in [0.25, 0.3) is 0 Å². The normalized spacial score (nSPS) is 17.9. The minimum absolute atomic E-state index is 0.0880. The van der Waals surface area contributed by atoms with Crippen LogP contribution in [0.25, 0.3) is 0 Å². The van der Waals surface area contributed by atoms with E-state index in [1.807, 2.05) is 0 Å². The molecule has 1 aliphatic rings. The number of hydrogen-bond donors (Lipinski definition) is 2. The number of nitro groups is 1. The maximum absolute atomic E-state index is 10.7. The molecule has 7 nitrogen and oxygen atoms in total. The maximum atomic E-state index is 10.7. The minimum atomic E-state index is -1.06. The second-order valence-corrected chi connectivity index (χ2v) is 3.26. The van der Waals surface area contributed by atoms with Gasteiger partial charge in [-0.1, -0.05) is 6.07 Å². The molecule has 7 heteroatoms. The number of para-hydroxylation sites is 1. The van der Waals surface area contributed by atoms with E-state index in [1.165, 1.54) is 18.2 Å². The first kappa shape index (κ1) is 10.2. The fourth-order valence-electron chi connectivity index (χ4n) is 1.46. The van der Waals surface area contributed by atoms with E-state index in [1.54, 1.807) is 0 Å². The molecule has 0 saturated carbocycles. The van der Waals surface area contributed by atoms with Crippen LogP contribution in [0.1, 0.15) is 0 Å². The zero-order valence-electron chi connectivity index (χ0n) is 8.04. The summed E-state index contributed by atoms with van der Waals surface area (Å²) in [6.07, 6.45) is 0. The molecule has 1 aromatic rings. The van der Waals surface area contributed by atoms with Crippen molar-refractivity contribution >= 4 is 17.3 Å². The van der Waals surface area contributed by atoms with Gasteiger partial charge in [-0.25, -0.2) is 4.79 Å². The molecule has 84 valence electrons. The van der Waals surface area contributed by atoms with Crippen LogP contribution in [-0.4, -0.2) is 28.6 Å². The van der Waals surface area contributed by atoms with Gasteiger partial charge < -0.3 is 15.2 Å². The van der Waals surface area contributed by atoms with Crippen LogP contribution in [0.4, 0.5) is 11.4 Å². The zero-order valence-corrected chi connectivity index (χ0v) is 8.04. The van der Waals surface area contributed by atoms with Crippen LogP contribution >= 0.6 is 0 Å². The molecule has 0 fully saturated rings. The number of nitrogens with one attached hydrogen (secondary N) is 1. The maximum Gasteiger partial charge on any atom is 0.329 e. The number of carboxylic acids is 1. The number of fused-ring (bicyclic) bond motifs is 1. The number of nitro benzene ring substituents is 1. The Morgan fingerprint density at radius 3 is 3.00 bits per heavy atom. The molecule has 2 rings (SSSR count). The molecule has 0 aliphatic carbocycles. The van der Waals surface area contributed by atoms with Gasteiger partial charge in [0.1, 0.15) is 6.61 Å². The number of rotatable bonds is 2. The third-order valence-electron chi connectivity index (χ3n) is 2.21. The highest BCUT2D eigenvalue weighted by molar-refractivity contribution is 5.81. The number of anilines is 1. The summed E-state index contributed by atoms with van der Waals surface area (Å²) < 4.78 is 5.10. The molecule has 0 radical (unpaired) electrons. The summed E-state index contributed by atoms with van der Waals surface area (Å²) in [5.74, 6) is -0.970. The Hall–Kier alpha value is -2.31. The monoisotopic (exact) mass is 224 g/mol. The summed E-state index contributed by atoms with van der Waals surface area (Å²) in [5, 5.41) is 22.1. The third-order valence-corrected chi connectivity index (χ3v) is 2.21. The molecule has 16 heavy (non-hydrogen) atoms. The molecule has 1 aliphatic heterocycles. The lowest BCUT2D eigenvalue weighted by Crippen LogP contribution is -2.38. The van der Waals surface area contributed by atoms with Crippen LogP contribution in [0.2, 0.25) is 0 Å². The van der Waals surface area contributed by atoms with Crippen LogP contribution in [0.3, 0.4) is 0 Å². The fraction of sp³-hybridized carbons (Fsp3) is 0.222. The minimum Gasteiger partial charge on any atom is -0.483 e. The van der Waals surface area contributed by atoms with Crippen LogP contribution in [0, 0.1) is 10.1 Å². The van der Waals surface area contributed by atoms with Gasteiger partial charge in [0.15, 0.2) is 6.04 Å². The SMILES string of the molecule is O=C(O)C1COc2c(cccc2[N+](=O)[O-])N1. The highest BCUT2D eigenvalue weighted by Gasteiger charge is 2.29. The average molecular weight is 224 g/mol. The smallest absolute Gasteiger partial charge is 0.329 e. The molecule has 1 atom stereocenters. The molecule has 0 aromatic heterocycles. The first-order valence-corrected chi connectivity index (χ1v) is 4.49. The molecule has 1 heterocycles. The van der Waals surface area contributed by atoms with Gasteiger partial charge in [0, 0.05) is 6.07 Å². The lowest BCUT2D eigenvalue weighted by molar-refractivity contribution is -0.385. The quantitative estimate of drug-likeness (QED) is 0.570. The van der Waals surface area contributed by atoms with Crippen molar-refractivity contribution in [3.8, 4) is 5.75 Å². The van der Waals surface area contributed by atoms with E-state index in [0.29, 0.717) is 5.69 Å². The van der Waals surface area contributed by atoms with Gasteiger partial charge in [0.2, 0.25) is 5.75 Å². The van der Waals surface area contributed by atoms with Gasteiger partial charge in [-0.05, 0) is 6.07 Å². The van der Waals surface area contributed by atoms with Gasteiger partial charge in [-0.15, -0.1) is 0 Å². The van der Waals surface area contributed by atoms with Gasteiger partial charge in [-0.3, -0.25) is 10.1 Å². The number of aliphatic carboxylic acids is 1. The van der Waals surface area contributed by atoms with Crippen molar-refractivity contribution in [2.45, 2.75) is 6.04 Å². The van der Waals surface area contributed by atoms with Crippen molar-refractivity contribution in [2.24, 2.45) is 0 Å². The van der Waals surface area contributed by atoms with Crippen molar-refractivity contribution in [1.82, 2.24) is 0 Å². The van der Waals surface area contributed by atoms with E-state index < -0.39 is 16.9 Å². The Kier molecular flexibility index (Phi) is 2.35. The van der Waals surface area contributed by atoms with Crippen LogP contribution in [0.5, 0.6) is 5.75 Å². The van der Waals surface area contributed by atoms with Crippen molar-refractivity contribution in [3.05, 3.63) is 28.3 Å².